The van der Waals surface area contributed by atoms with Crippen LogP contribution < -0.4 is 10.6 Å². The Labute approximate surface area is 165 Å². The van der Waals surface area contributed by atoms with E-state index in [4.69, 9.17) is 4.98 Å². The number of fused-ring (bicyclic) bond motifs is 1. The van der Waals surface area contributed by atoms with Crippen LogP contribution in [0.1, 0.15) is 55.5 Å². The minimum Gasteiger partial charge on any atom is -0.374 e. The van der Waals surface area contributed by atoms with Crippen LogP contribution in [0.3, 0.4) is 0 Å². The number of benzene rings is 1. The summed E-state index contributed by atoms with van der Waals surface area (Å²) in [5, 5.41) is 6.86. The second-order valence-electron chi connectivity index (χ2n) is 8.16. The Bertz CT molecular complexity index is 957. The maximum atomic E-state index is 13.2. The molecule has 1 saturated carbocycles. The van der Waals surface area contributed by atoms with Crippen molar-refractivity contribution in [2.24, 2.45) is 4.99 Å². The van der Waals surface area contributed by atoms with Crippen LogP contribution in [0, 0.1) is 5.82 Å². The van der Waals surface area contributed by atoms with Gasteiger partial charge in [0.05, 0.1) is 23.6 Å². The minimum absolute atomic E-state index is 0.104. The zero-order chi connectivity index (χ0) is 19.1. The highest BCUT2D eigenvalue weighted by Gasteiger charge is 2.46. The van der Waals surface area contributed by atoms with Gasteiger partial charge in [-0.2, -0.15) is 0 Å². The predicted octanol–water partition coefficient (Wildman–Crippen LogP) is 4.65. The number of nitrogens with one attached hydrogen (secondary N) is 2. The molecule has 1 aliphatic heterocycles. The molecule has 2 N–H and O–H groups in total. The van der Waals surface area contributed by atoms with Crippen LogP contribution in [-0.2, 0) is 12.0 Å². The van der Waals surface area contributed by atoms with Crippen LogP contribution in [0.4, 0.5) is 10.1 Å². The van der Waals surface area contributed by atoms with Crippen molar-refractivity contribution in [2.75, 3.05) is 11.9 Å². The molecule has 1 unspecified atom stereocenters. The maximum Gasteiger partial charge on any atom is 0.123 e. The van der Waals surface area contributed by atoms with E-state index in [2.05, 4.69) is 34.0 Å². The summed E-state index contributed by atoms with van der Waals surface area (Å²) in [5.74, 6) is 1.19. The van der Waals surface area contributed by atoms with Gasteiger partial charge in [-0.1, -0.05) is 6.07 Å². The standard InChI is InChI=1S/C23H25FN4/c1-15-25-13-16(14-26-15)19-3-2-4-21-20(19)9-10-22(27-21)23(11-12-23)28-18-7-5-17(24)6-8-18/h5-10,13,19,28H,2-4,11-12,14H2,1H3,(H,25,26). The Hall–Kier alpha value is -2.69. The number of amidine groups is 1. The highest BCUT2D eigenvalue weighted by molar-refractivity contribution is 5.81. The molecule has 0 bridgehead atoms. The number of aromatic nitrogens is 1. The van der Waals surface area contributed by atoms with Gasteiger partial charge in [0.2, 0.25) is 0 Å². The van der Waals surface area contributed by atoms with E-state index in [1.54, 1.807) is 12.1 Å². The Morgan fingerprint density at radius 2 is 1.96 bits per heavy atom. The molecule has 1 aromatic carbocycles. The third-order valence-corrected chi connectivity index (χ3v) is 6.17. The average molecular weight is 376 g/mol. The van der Waals surface area contributed by atoms with E-state index in [1.165, 1.54) is 29.0 Å². The average Bonchev–Trinajstić information content (AvgIpc) is 3.50. The molecule has 5 rings (SSSR count). The number of pyridine rings is 1. The number of hydrogen-bond acceptors (Lipinski definition) is 4. The fourth-order valence-corrected chi connectivity index (χ4v) is 4.40. The summed E-state index contributed by atoms with van der Waals surface area (Å²) in [6.07, 6.45) is 7.61. The summed E-state index contributed by atoms with van der Waals surface area (Å²) in [4.78, 5) is 9.66. The fraction of sp³-hybridized carbons (Fsp3) is 0.391. The molecule has 5 heteroatoms. The lowest BCUT2D eigenvalue weighted by atomic mass is 9.80. The van der Waals surface area contributed by atoms with E-state index < -0.39 is 0 Å². The first-order chi connectivity index (χ1) is 13.6. The summed E-state index contributed by atoms with van der Waals surface area (Å²) in [6, 6.07) is 11.1. The highest BCUT2D eigenvalue weighted by Crippen LogP contribution is 2.48. The van der Waals surface area contributed by atoms with E-state index in [9.17, 15) is 4.39 Å². The van der Waals surface area contributed by atoms with Crippen molar-refractivity contribution in [3.63, 3.8) is 0 Å². The van der Waals surface area contributed by atoms with Crippen molar-refractivity contribution in [3.05, 3.63) is 70.9 Å². The summed E-state index contributed by atoms with van der Waals surface area (Å²) < 4.78 is 13.2. The second kappa shape index (κ2) is 6.73. The van der Waals surface area contributed by atoms with Gasteiger partial charge in [-0.25, -0.2) is 4.39 Å². The van der Waals surface area contributed by atoms with Gasteiger partial charge in [-0.3, -0.25) is 9.98 Å². The Kier molecular flexibility index (Phi) is 4.18. The monoisotopic (exact) mass is 376 g/mol. The normalized spacial score (nSPS) is 22.4. The van der Waals surface area contributed by atoms with E-state index >= 15 is 0 Å². The van der Waals surface area contributed by atoms with Crippen LogP contribution in [-0.4, -0.2) is 17.4 Å². The van der Waals surface area contributed by atoms with Gasteiger partial charge in [0.15, 0.2) is 0 Å². The molecule has 0 saturated heterocycles. The molecular weight excluding hydrogens is 351 g/mol. The molecule has 28 heavy (non-hydrogen) atoms. The van der Waals surface area contributed by atoms with Gasteiger partial charge < -0.3 is 10.6 Å². The molecule has 4 nitrogen and oxygen atoms in total. The lowest BCUT2D eigenvalue weighted by Gasteiger charge is -2.29. The summed E-state index contributed by atoms with van der Waals surface area (Å²) in [6.45, 7) is 2.78. The number of aryl methyl sites for hydroxylation is 1. The number of halogens is 1. The molecule has 2 aromatic rings. The second-order valence-corrected chi connectivity index (χ2v) is 8.16. The number of anilines is 1. The van der Waals surface area contributed by atoms with Crippen LogP contribution in [0.2, 0.25) is 0 Å². The van der Waals surface area contributed by atoms with Gasteiger partial charge in [-0.05, 0) is 80.5 Å². The van der Waals surface area contributed by atoms with E-state index in [0.29, 0.717) is 5.92 Å². The maximum absolute atomic E-state index is 13.2. The highest BCUT2D eigenvalue weighted by atomic mass is 19.1. The lowest BCUT2D eigenvalue weighted by Crippen LogP contribution is -2.25. The predicted molar refractivity (Wildman–Crippen MR) is 110 cm³/mol. The quantitative estimate of drug-likeness (QED) is 0.817. The third kappa shape index (κ3) is 3.19. The summed E-state index contributed by atoms with van der Waals surface area (Å²) in [7, 11) is 0. The summed E-state index contributed by atoms with van der Waals surface area (Å²) >= 11 is 0. The van der Waals surface area contributed by atoms with Gasteiger partial charge in [0.1, 0.15) is 5.82 Å². The van der Waals surface area contributed by atoms with Crippen molar-refractivity contribution >= 4 is 11.5 Å². The third-order valence-electron chi connectivity index (χ3n) is 6.17. The Morgan fingerprint density at radius 1 is 1.14 bits per heavy atom. The Balaban J connectivity index is 1.40. The Morgan fingerprint density at radius 3 is 2.68 bits per heavy atom. The fourth-order valence-electron chi connectivity index (χ4n) is 4.40. The number of rotatable bonds is 4. The molecule has 0 amide bonds. The number of nitrogens with zero attached hydrogens (tertiary/aromatic N) is 2. The molecule has 1 aromatic heterocycles. The topological polar surface area (TPSA) is 49.3 Å². The van der Waals surface area contributed by atoms with Crippen molar-refractivity contribution in [1.29, 1.82) is 0 Å². The van der Waals surface area contributed by atoms with Crippen LogP contribution >= 0.6 is 0 Å². The molecule has 2 heterocycles. The molecule has 0 radical (unpaired) electrons. The largest absolute Gasteiger partial charge is 0.374 e. The van der Waals surface area contributed by atoms with E-state index in [0.717, 1.165) is 55.9 Å². The minimum atomic E-state index is -0.209. The first-order valence-electron chi connectivity index (χ1n) is 10.1. The van der Waals surface area contributed by atoms with Crippen molar-refractivity contribution in [1.82, 2.24) is 10.3 Å². The number of hydrogen-bond donors (Lipinski definition) is 2. The molecule has 1 fully saturated rings. The van der Waals surface area contributed by atoms with Gasteiger partial charge in [0.25, 0.3) is 0 Å². The van der Waals surface area contributed by atoms with Crippen molar-refractivity contribution in [3.8, 4) is 0 Å². The van der Waals surface area contributed by atoms with E-state index in [1.807, 2.05) is 6.92 Å². The summed E-state index contributed by atoms with van der Waals surface area (Å²) in [5.41, 5.74) is 5.89. The molecule has 0 spiro atoms. The first kappa shape index (κ1) is 17.4. The lowest BCUT2D eigenvalue weighted by molar-refractivity contribution is 0.579. The van der Waals surface area contributed by atoms with Gasteiger partial charge in [-0.15, -0.1) is 0 Å². The molecule has 2 aliphatic carbocycles. The molecule has 144 valence electrons. The van der Waals surface area contributed by atoms with Gasteiger partial charge in [0, 0.05) is 23.5 Å². The van der Waals surface area contributed by atoms with Crippen molar-refractivity contribution in [2.45, 2.75) is 50.5 Å². The van der Waals surface area contributed by atoms with E-state index in [-0.39, 0.29) is 11.4 Å². The zero-order valence-electron chi connectivity index (χ0n) is 16.1. The van der Waals surface area contributed by atoms with Crippen LogP contribution in [0.5, 0.6) is 0 Å². The molecular formula is C23H25FN4. The van der Waals surface area contributed by atoms with Crippen LogP contribution in [0.25, 0.3) is 0 Å². The first-order valence-corrected chi connectivity index (χ1v) is 10.1. The van der Waals surface area contributed by atoms with Gasteiger partial charge >= 0.3 is 0 Å². The number of aliphatic imine (C=N–C) groups is 1. The SMILES string of the molecule is CC1=NCC(C2CCCc3nc(C4(Nc5ccc(F)cc5)CC4)ccc32)=CN1. The smallest absolute Gasteiger partial charge is 0.123 e. The molecule has 3 aliphatic rings. The molecule has 1 atom stereocenters. The van der Waals surface area contributed by atoms with Crippen molar-refractivity contribution < 1.29 is 4.39 Å². The van der Waals surface area contributed by atoms with Crippen LogP contribution in [0.15, 0.2) is 53.2 Å². The zero-order valence-corrected chi connectivity index (χ0v) is 16.1.